The van der Waals surface area contributed by atoms with Crippen LogP contribution in [0.2, 0.25) is 0 Å². The highest BCUT2D eigenvalue weighted by Crippen LogP contribution is 2.35. The number of imide groups is 2. The van der Waals surface area contributed by atoms with Gasteiger partial charge in [-0.2, -0.15) is 4.98 Å². The highest BCUT2D eigenvalue weighted by atomic mass is 16.3. The molecular formula is C45H48N10O6. The number of piperidine rings is 3. The maximum Gasteiger partial charge on any atom is 0.278 e. The third kappa shape index (κ3) is 7.50. The molecule has 16 heteroatoms. The average Bonchev–Trinajstić information content (AvgIpc) is 3.68. The molecule has 3 N–H and O–H groups in total. The van der Waals surface area contributed by atoms with Crippen LogP contribution in [-0.2, 0) is 21.7 Å². The van der Waals surface area contributed by atoms with E-state index in [0.717, 1.165) is 68.1 Å². The van der Waals surface area contributed by atoms with Crippen molar-refractivity contribution < 1.29 is 24.3 Å². The van der Waals surface area contributed by atoms with E-state index in [1.54, 1.807) is 54.9 Å². The van der Waals surface area contributed by atoms with Crippen molar-refractivity contribution in [1.82, 2.24) is 39.4 Å². The molecule has 0 saturated carbocycles. The molecule has 2 aromatic carbocycles. The van der Waals surface area contributed by atoms with Gasteiger partial charge in [-0.05, 0) is 113 Å². The molecule has 3 fully saturated rings. The number of amides is 4. The van der Waals surface area contributed by atoms with Crippen LogP contribution >= 0.6 is 0 Å². The van der Waals surface area contributed by atoms with Gasteiger partial charge in [-0.15, -0.1) is 6.58 Å². The second kappa shape index (κ2) is 15.8. The summed E-state index contributed by atoms with van der Waals surface area (Å²) in [6.45, 7) is 11.1. The first kappa shape index (κ1) is 39.9. The Kier molecular flexibility index (Phi) is 10.4. The Bertz CT molecular complexity index is 2630. The maximum absolute atomic E-state index is 13.4. The number of aliphatic hydroxyl groups is 1. The van der Waals surface area contributed by atoms with E-state index < -0.39 is 35.3 Å². The molecule has 0 radical (unpaired) electrons. The molecule has 4 aliphatic rings. The number of nitrogens with one attached hydrogen (secondary N) is 2. The number of fused-ring (bicyclic) bond motifs is 2. The van der Waals surface area contributed by atoms with Gasteiger partial charge in [0.2, 0.25) is 17.8 Å². The molecule has 0 spiro atoms. The van der Waals surface area contributed by atoms with Crippen molar-refractivity contribution in [2.45, 2.75) is 82.5 Å². The minimum atomic E-state index is -1.18. The predicted molar refractivity (Wildman–Crippen MR) is 228 cm³/mol. The summed E-state index contributed by atoms with van der Waals surface area (Å²) in [7, 11) is 0. The van der Waals surface area contributed by atoms with Crippen LogP contribution in [0.5, 0.6) is 0 Å². The van der Waals surface area contributed by atoms with Gasteiger partial charge < -0.3 is 20.2 Å². The number of anilines is 3. The van der Waals surface area contributed by atoms with Crippen molar-refractivity contribution in [3.63, 3.8) is 0 Å². The number of benzene rings is 2. The number of pyridine rings is 1. The van der Waals surface area contributed by atoms with Gasteiger partial charge in [0.25, 0.3) is 17.4 Å². The van der Waals surface area contributed by atoms with Gasteiger partial charge in [-0.25, -0.2) is 19.3 Å². The van der Waals surface area contributed by atoms with E-state index in [-0.39, 0.29) is 24.9 Å². The first-order valence-electron chi connectivity index (χ1n) is 20.9. The quantitative estimate of drug-likeness (QED) is 0.133. The Balaban J connectivity index is 0.806. The lowest BCUT2D eigenvalue weighted by molar-refractivity contribution is -0.136. The summed E-state index contributed by atoms with van der Waals surface area (Å²) >= 11 is 0. The fourth-order valence-corrected chi connectivity index (χ4v) is 9.20. The van der Waals surface area contributed by atoms with Gasteiger partial charge in [0.15, 0.2) is 11.5 Å². The van der Waals surface area contributed by atoms with E-state index in [0.29, 0.717) is 51.6 Å². The van der Waals surface area contributed by atoms with Gasteiger partial charge >= 0.3 is 0 Å². The molecule has 0 aliphatic carbocycles. The Morgan fingerprint density at radius 3 is 2.33 bits per heavy atom. The van der Waals surface area contributed by atoms with Crippen molar-refractivity contribution in [2.75, 3.05) is 36.4 Å². The number of likely N-dealkylation sites (tertiary alicyclic amines) is 1. The number of rotatable bonds is 10. The Morgan fingerprint density at radius 1 is 0.885 bits per heavy atom. The Morgan fingerprint density at radius 2 is 1.62 bits per heavy atom. The van der Waals surface area contributed by atoms with Crippen LogP contribution in [0.1, 0.15) is 90.3 Å². The molecule has 4 aliphatic heterocycles. The highest BCUT2D eigenvalue weighted by molar-refractivity contribution is 6.23. The maximum atomic E-state index is 13.4. The molecule has 16 nitrogen and oxygen atoms in total. The lowest BCUT2D eigenvalue weighted by atomic mass is 9.88. The largest absolute Gasteiger partial charge is 0.384 e. The van der Waals surface area contributed by atoms with E-state index in [1.165, 1.54) is 16.4 Å². The van der Waals surface area contributed by atoms with E-state index in [9.17, 15) is 29.1 Å². The fraction of sp³-hybridized carbons (Fsp3) is 0.378. The summed E-state index contributed by atoms with van der Waals surface area (Å²) in [6, 6.07) is 18.5. The lowest BCUT2D eigenvalue weighted by Crippen LogP contribution is -2.54. The number of carbonyl (C=O) groups excluding carboxylic acids is 4. The first-order valence-corrected chi connectivity index (χ1v) is 20.9. The summed E-state index contributed by atoms with van der Waals surface area (Å²) < 4.78 is 3.14. The fourth-order valence-electron chi connectivity index (χ4n) is 9.20. The summed E-state index contributed by atoms with van der Waals surface area (Å²) in [5.41, 5.74) is 2.99. The average molecular weight is 825 g/mol. The molecule has 7 heterocycles. The van der Waals surface area contributed by atoms with Gasteiger partial charge in [0.05, 0.1) is 23.4 Å². The molecule has 0 bridgehead atoms. The molecule has 3 aromatic heterocycles. The van der Waals surface area contributed by atoms with Gasteiger partial charge in [-0.1, -0.05) is 24.3 Å². The minimum Gasteiger partial charge on any atom is -0.384 e. The van der Waals surface area contributed by atoms with Crippen molar-refractivity contribution >= 4 is 52.0 Å². The van der Waals surface area contributed by atoms with Crippen molar-refractivity contribution in [3.8, 4) is 5.82 Å². The van der Waals surface area contributed by atoms with Crippen molar-refractivity contribution in [1.29, 1.82) is 0 Å². The van der Waals surface area contributed by atoms with Crippen LogP contribution in [0.15, 0.2) is 84.3 Å². The van der Waals surface area contributed by atoms with Crippen LogP contribution < -0.4 is 21.1 Å². The normalized spacial score (nSPS) is 19.4. The summed E-state index contributed by atoms with van der Waals surface area (Å²) in [5.74, 6) is -0.769. The number of nitrogens with zero attached hydrogens (tertiary/aromatic N) is 8. The van der Waals surface area contributed by atoms with E-state index in [2.05, 4.69) is 49.1 Å². The molecule has 1 atom stereocenters. The number of aromatic nitrogens is 5. The predicted octanol–water partition coefficient (Wildman–Crippen LogP) is 4.38. The summed E-state index contributed by atoms with van der Waals surface area (Å²) in [5, 5.41) is 16.5. The van der Waals surface area contributed by atoms with Gasteiger partial charge in [-0.3, -0.25) is 34.2 Å². The zero-order valence-electron chi connectivity index (χ0n) is 34.2. The second-order valence-corrected chi connectivity index (χ2v) is 16.8. The SMILES string of the molecule is C=CCn1c(=O)c2cnc(Nc3ccc(C4CCN(C5CCN(c6ccc7c(c6)C(=O)N(C6CCC(=O)NC6=O)C7=O)CC5)CC4)cc3)nc2n1-c1cccc(C(C)(C)O)n1. The van der Waals surface area contributed by atoms with Crippen LogP contribution in [0.3, 0.4) is 0 Å². The zero-order valence-corrected chi connectivity index (χ0v) is 34.2. The van der Waals surface area contributed by atoms with Crippen molar-refractivity contribution in [3.05, 3.63) is 112 Å². The van der Waals surface area contributed by atoms with Gasteiger partial charge in [0, 0.05) is 43.1 Å². The van der Waals surface area contributed by atoms with E-state index in [1.807, 2.05) is 18.2 Å². The molecule has 1 unspecified atom stereocenters. The summed E-state index contributed by atoms with van der Waals surface area (Å²) in [6.07, 6.45) is 7.47. The number of allylic oxidation sites excluding steroid dienone is 1. The topological polar surface area (TPSA) is 188 Å². The number of hydrogen-bond donors (Lipinski definition) is 3. The number of hydrogen-bond acceptors (Lipinski definition) is 12. The molecule has 5 aromatic rings. The van der Waals surface area contributed by atoms with Gasteiger partial charge in [0.1, 0.15) is 17.0 Å². The van der Waals surface area contributed by atoms with Crippen LogP contribution in [0, 0.1) is 0 Å². The monoisotopic (exact) mass is 824 g/mol. The molecular weight excluding hydrogens is 777 g/mol. The molecule has 3 saturated heterocycles. The van der Waals surface area contributed by atoms with E-state index >= 15 is 0 Å². The standard InChI is InChI=1S/C45H48N10O6/c1-4-20-53-41(58)34-26-46-44(50-39(34)55(53)37-7-5-6-36(48-37)45(2,3)61)47-29-10-8-27(9-11-29)28-16-21-51(22-17-28)30-18-23-52(24-19-30)31-12-13-32-33(25-31)43(60)54(42(32)59)35-14-15-38(56)49-40(35)57/h4-13,25-26,28,30,35,61H,1,14-24H2,2-3H3,(H,46,47,50)(H,49,56,57). The van der Waals surface area contributed by atoms with Crippen molar-refractivity contribution in [2.24, 2.45) is 0 Å². The minimum absolute atomic E-state index is 0.0881. The smallest absolute Gasteiger partial charge is 0.278 e. The summed E-state index contributed by atoms with van der Waals surface area (Å²) in [4.78, 5) is 83.9. The lowest BCUT2D eigenvalue weighted by Gasteiger charge is -2.42. The number of carbonyl (C=O) groups is 4. The molecule has 4 amide bonds. The van der Waals surface area contributed by atoms with E-state index in [4.69, 9.17) is 4.98 Å². The van der Waals surface area contributed by atoms with Crippen LogP contribution in [0.4, 0.5) is 17.3 Å². The third-order valence-corrected chi connectivity index (χ3v) is 12.5. The van der Waals surface area contributed by atoms with Crippen LogP contribution in [-0.4, -0.2) is 101 Å². The highest BCUT2D eigenvalue weighted by Gasteiger charge is 2.45. The molecule has 9 rings (SSSR count). The Hall–Kier alpha value is -6.52. The Labute approximate surface area is 351 Å². The zero-order chi connectivity index (χ0) is 42.6. The molecule has 314 valence electrons. The second-order valence-electron chi connectivity index (χ2n) is 16.8. The first-order chi connectivity index (χ1) is 29.4. The van der Waals surface area contributed by atoms with Crippen LogP contribution in [0.25, 0.3) is 16.9 Å². The molecule has 61 heavy (non-hydrogen) atoms. The third-order valence-electron chi connectivity index (χ3n) is 12.5.